The first kappa shape index (κ1) is 39.6. The quantitative estimate of drug-likeness (QED) is 0.112. The van der Waals surface area contributed by atoms with Crippen LogP contribution in [0.5, 0.6) is 23.0 Å². The monoisotopic (exact) mass is 976 g/mol. The Balaban J connectivity index is 1.87. The zero-order valence-corrected chi connectivity index (χ0v) is 30.6. The molecule has 4 aromatic rings. The summed E-state index contributed by atoms with van der Waals surface area (Å²) in [5.74, 6) is -7.89. The number of benzene rings is 4. The molecule has 0 spiro atoms. The maximum Gasteiger partial charge on any atom is 0.411 e. The summed E-state index contributed by atoms with van der Waals surface area (Å²) >= 11 is 11.7. The Labute approximate surface area is 314 Å². The molecule has 0 aliphatic rings. The van der Waals surface area contributed by atoms with E-state index in [-0.39, 0.29) is 11.5 Å². The molecular weight excluding hydrogens is 966 g/mol. The molecule has 0 fully saturated rings. The van der Waals surface area contributed by atoms with Crippen molar-refractivity contribution in [2.24, 2.45) is 0 Å². The van der Waals surface area contributed by atoms with Gasteiger partial charge in [0.1, 0.15) is 11.5 Å². The SMILES string of the molecule is O=C(O)c1ccc(Oc2c(Br)cc(C(c3cc(Br)c(Oc4ccc(C(=O)O)c(C(=O)O)c4)c(Br)c3)(C(F)(F)F)C(F)(F)F)cc2Br)cc1C(=O)O. The second-order valence-electron chi connectivity index (χ2n) is 10.1. The minimum Gasteiger partial charge on any atom is -0.478 e. The predicted octanol–water partition coefficient (Wildman–Crippen LogP) is 10.5. The van der Waals surface area contributed by atoms with Gasteiger partial charge in [-0.1, -0.05) is 0 Å². The van der Waals surface area contributed by atoms with E-state index < -0.39 is 104 Å². The van der Waals surface area contributed by atoms with Gasteiger partial charge in [-0.2, -0.15) is 26.3 Å². The summed E-state index contributed by atoms with van der Waals surface area (Å²) in [6, 6.07) is 7.40. The molecule has 20 heteroatoms. The summed E-state index contributed by atoms with van der Waals surface area (Å²) in [4.78, 5) is 45.9. The van der Waals surface area contributed by atoms with E-state index in [0.29, 0.717) is 24.3 Å². The number of carboxylic acids is 4. The second kappa shape index (κ2) is 14.5. The fourth-order valence-corrected chi connectivity index (χ4v) is 7.56. The van der Waals surface area contributed by atoms with E-state index in [1.54, 1.807) is 0 Å². The van der Waals surface area contributed by atoms with Crippen LogP contribution in [0, 0.1) is 0 Å². The van der Waals surface area contributed by atoms with Crippen LogP contribution >= 0.6 is 63.7 Å². The third-order valence-electron chi connectivity index (χ3n) is 7.06. The molecule has 0 saturated carbocycles. The van der Waals surface area contributed by atoms with Gasteiger partial charge in [0.2, 0.25) is 5.41 Å². The van der Waals surface area contributed by atoms with Crippen LogP contribution in [-0.4, -0.2) is 56.7 Å². The number of aromatic carboxylic acids is 4. The maximum atomic E-state index is 15.1. The predicted molar refractivity (Wildman–Crippen MR) is 177 cm³/mol. The molecule has 0 heterocycles. The van der Waals surface area contributed by atoms with Crippen molar-refractivity contribution in [1.29, 1.82) is 0 Å². The highest BCUT2D eigenvalue weighted by molar-refractivity contribution is 9.11. The van der Waals surface area contributed by atoms with E-state index in [9.17, 15) is 39.6 Å². The summed E-state index contributed by atoms with van der Waals surface area (Å²) in [6.45, 7) is 0. The lowest BCUT2D eigenvalue weighted by Crippen LogP contribution is -2.54. The fraction of sp³-hybridized carbons (Fsp3) is 0.0968. The molecule has 4 aromatic carbocycles. The Morgan fingerprint density at radius 1 is 0.471 bits per heavy atom. The Kier molecular flexibility index (Phi) is 11.2. The zero-order chi connectivity index (χ0) is 38.4. The Morgan fingerprint density at radius 3 is 0.980 bits per heavy atom. The van der Waals surface area contributed by atoms with E-state index in [4.69, 9.17) is 9.47 Å². The highest BCUT2D eigenvalue weighted by Crippen LogP contribution is 2.59. The van der Waals surface area contributed by atoms with Crippen molar-refractivity contribution in [1.82, 2.24) is 0 Å². The van der Waals surface area contributed by atoms with E-state index in [1.165, 1.54) is 0 Å². The first-order valence-electron chi connectivity index (χ1n) is 13.2. The van der Waals surface area contributed by atoms with Gasteiger partial charge in [-0.15, -0.1) is 0 Å². The van der Waals surface area contributed by atoms with Crippen molar-refractivity contribution in [3.8, 4) is 23.0 Å². The third kappa shape index (κ3) is 7.58. The third-order valence-corrected chi connectivity index (χ3v) is 9.41. The largest absolute Gasteiger partial charge is 0.478 e. The lowest BCUT2D eigenvalue weighted by Gasteiger charge is -2.39. The van der Waals surface area contributed by atoms with Gasteiger partial charge in [-0.05, 0) is 136 Å². The van der Waals surface area contributed by atoms with Gasteiger partial charge in [0, 0.05) is 0 Å². The van der Waals surface area contributed by atoms with Crippen molar-refractivity contribution in [3.63, 3.8) is 0 Å². The highest BCUT2D eigenvalue weighted by Gasteiger charge is 2.73. The number of alkyl halides is 6. The standard InChI is InChI=1S/C31H14Br4F6O10/c32-19-5-11(6-20(33)23(19)50-13-1-3-15(25(42)43)17(9-13)27(46)47)29(30(36,37)38,31(39,40)41)12-7-21(34)24(22(35)8-12)51-14-2-4-16(26(44)45)18(10-14)28(48)49/h1-10H,(H,42,43)(H,44,45)(H,46,47)(H,48,49). The van der Waals surface area contributed by atoms with Gasteiger partial charge in [0.15, 0.2) is 11.5 Å². The van der Waals surface area contributed by atoms with Gasteiger partial charge in [-0.3, -0.25) is 0 Å². The van der Waals surface area contributed by atoms with Gasteiger partial charge in [-0.25, -0.2) is 19.2 Å². The first-order valence-corrected chi connectivity index (χ1v) is 16.4. The van der Waals surface area contributed by atoms with E-state index >= 15 is 26.3 Å². The molecule has 4 rings (SSSR count). The Hall–Kier alpha value is -4.14. The lowest BCUT2D eigenvalue weighted by molar-refractivity contribution is -0.288. The highest BCUT2D eigenvalue weighted by atomic mass is 79.9. The van der Waals surface area contributed by atoms with Gasteiger partial charge >= 0.3 is 36.2 Å². The molecule has 0 bridgehead atoms. The van der Waals surface area contributed by atoms with Crippen molar-refractivity contribution < 1.29 is 75.4 Å². The van der Waals surface area contributed by atoms with E-state index in [0.717, 1.165) is 36.4 Å². The average Bonchev–Trinajstić information content (AvgIpc) is 2.99. The van der Waals surface area contributed by atoms with Gasteiger partial charge in [0.05, 0.1) is 40.1 Å². The molecule has 0 saturated heterocycles. The molecule has 268 valence electrons. The average molecular weight is 980 g/mol. The van der Waals surface area contributed by atoms with Crippen molar-refractivity contribution in [2.45, 2.75) is 17.8 Å². The number of hydrogen-bond acceptors (Lipinski definition) is 6. The van der Waals surface area contributed by atoms with Crippen molar-refractivity contribution in [3.05, 3.63) is 112 Å². The molecule has 0 radical (unpaired) electrons. The van der Waals surface area contributed by atoms with Crippen LogP contribution in [0.4, 0.5) is 26.3 Å². The first-order chi connectivity index (χ1) is 23.5. The molecule has 51 heavy (non-hydrogen) atoms. The Morgan fingerprint density at radius 2 is 0.745 bits per heavy atom. The van der Waals surface area contributed by atoms with Crippen LogP contribution in [0.25, 0.3) is 0 Å². The van der Waals surface area contributed by atoms with Crippen molar-refractivity contribution in [2.75, 3.05) is 0 Å². The van der Waals surface area contributed by atoms with E-state index in [2.05, 4.69) is 63.7 Å². The second-order valence-corrected chi connectivity index (χ2v) is 13.5. The number of hydrogen-bond donors (Lipinski definition) is 4. The van der Waals surface area contributed by atoms with Crippen LogP contribution in [0.1, 0.15) is 52.6 Å². The van der Waals surface area contributed by atoms with Crippen LogP contribution in [-0.2, 0) is 5.41 Å². The summed E-state index contributed by atoms with van der Waals surface area (Å²) < 4.78 is 99.6. The van der Waals surface area contributed by atoms with Crippen LogP contribution in [0.2, 0.25) is 0 Å². The molecule has 0 amide bonds. The summed E-state index contributed by atoms with van der Waals surface area (Å²) in [5.41, 5.74) is -10.1. The zero-order valence-electron chi connectivity index (χ0n) is 24.3. The topological polar surface area (TPSA) is 168 Å². The molecule has 0 aliphatic carbocycles. The maximum absolute atomic E-state index is 15.1. The molecule has 0 aromatic heterocycles. The molecular formula is C31H14Br4F6O10. The van der Waals surface area contributed by atoms with Crippen LogP contribution in [0.15, 0.2) is 78.6 Å². The fourth-order valence-electron chi connectivity index (χ4n) is 4.87. The number of halogens is 10. The molecule has 0 atom stereocenters. The summed E-state index contributed by atoms with van der Waals surface area (Å²) in [6.07, 6.45) is -12.1. The smallest absolute Gasteiger partial charge is 0.411 e. The summed E-state index contributed by atoms with van der Waals surface area (Å²) in [5, 5.41) is 37.2. The van der Waals surface area contributed by atoms with Crippen molar-refractivity contribution >= 4 is 87.6 Å². The number of ether oxygens (including phenoxy) is 2. The van der Waals surface area contributed by atoms with Gasteiger partial charge in [0.25, 0.3) is 0 Å². The minimum absolute atomic E-state index is 0.319. The molecule has 4 N–H and O–H groups in total. The van der Waals surface area contributed by atoms with E-state index in [1.807, 2.05) is 0 Å². The molecule has 10 nitrogen and oxygen atoms in total. The van der Waals surface area contributed by atoms with Gasteiger partial charge < -0.3 is 29.9 Å². The minimum atomic E-state index is -6.07. The number of carboxylic acid groups (broad SMARTS) is 4. The normalized spacial score (nSPS) is 12.0. The summed E-state index contributed by atoms with van der Waals surface area (Å²) in [7, 11) is 0. The Bertz CT molecular complexity index is 1920. The number of rotatable bonds is 10. The number of carbonyl (C=O) groups is 4. The van der Waals surface area contributed by atoms with Crippen LogP contribution < -0.4 is 9.47 Å². The van der Waals surface area contributed by atoms with Crippen LogP contribution in [0.3, 0.4) is 0 Å². The molecule has 0 aliphatic heterocycles. The molecule has 0 unspecified atom stereocenters. The lowest BCUT2D eigenvalue weighted by atomic mass is 9.73.